The number of aryl methyl sites for hydroxylation is 1. The van der Waals surface area contributed by atoms with Crippen molar-refractivity contribution in [3.05, 3.63) is 65.7 Å². The Hall–Kier alpha value is -1.88. The fourth-order valence-corrected chi connectivity index (χ4v) is 3.85. The second-order valence-electron chi connectivity index (χ2n) is 7.73. The van der Waals surface area contributed by atoms with Crippen molar-refractivity contribution < 1.29 is 19.6 Å². The molecule has 3 N–H and O–H groups in total. The van der Waals surface area contributed by atoms with Crippen molar-refractivity contribution in [2.45, 2.75) is 32.4 Å². The predicted octanol–water partition coefficient (Wildman–Crippen LogP) is 0.362. The van der Waals surface area contributed by atoms with Crippen molar-refractivity contribution in [1.29, 1.82) is 0 Å². The Morgan fingerprint density at radius 3 is 2.22 bits per heavy atom. The van der Waals surface area contributed by atoms with Crippen LogP contribution in [0.5, 0.6) is 5.75 Å². The molecule has 0 aliphatic carbocycles. The largest absolute Gasteiger partial charge is 0.491 e. The number of ether oxygens (including phenoxy) is 1. The van der Waals surface area contributed by atoms with Gasteiger partial charge < -0.3 is 19.6 Å². The molecule has 2 aromatic rings. The summed E-state index contributed by atoms with van der Waals surface area (Å²) in [5.41, 5.74) is 2.75. The van der Waals surface area contributed by atoms with Crippen molar-refractivity contribution >= 4 is 0 Å². The lowest BCUT2D eigenvalue weighted by molar-refractivity contribution is -1.02. The minimum absolute atomic E-state index is 0.372. The normalized spacial score (nSPS) is 21.0. The van der Waals surface area contributed by atoms with Gasteiger partial charge in [-0.05, 0) is 24.1 Å². The van der Waals surface area contributed by atoms with E-state index in [1.807, 2.05) is 12.1 Å². The number of piperazine rings is 1. The van der Waals surface area contributed by atoms with Gasteiger partial charge in [0.2, 0.25) is 0 Å². The molecule has 1 aliphatic heterocycles. The molecule has 0 radical (unpaired) electrons. The second kappa shape index (κ2) is 10.5. The van der Waals surface area contributed by atoms with Gasteiger partial charge in [0.15, 0.2) is 0 Å². The standard InChI is InChI=1S/C23H32N2O2/c1-2-6-20-9-11-23(12-10-20)27-19-22(26)18-25-15-13-24(14-16-25)17-21-7-4-3-5-8-21/h3-5,7-12,22,26H,2,6,13-19H2,1H3/p+2/t22-/m1/s1. The number of quaternary nitrogens is 2. The molecule has 3 rings (SSSR count). The molecule has 0 bridgehead atoms. The number of aliphatic hydroxyl groups is 1. The van der Waals surface area contributed by atoms with Gasteiger partial charge in [0.25, 0.3) is 0 Å². The molecule has 0 unspecified atom stereocenters. The van der Waals surface area contributed by atoms with Crippen molar-refractivity contribution in [1.82, 2.24) is 0 Å². The monoisotopic (exact) mass is 370 g/mol. The van der Waals surface area contributed by atoms with Gasteiger partial charge in [-0.25, -0.2) is 0 Å². The summed E-state index contributed by atoms with van der Waals surface area (Å²) >= 11 is 0. The van der Waals surface area contributed by atoms with Crippen LogP contribution in [0.25, 0.3) is 0 Å². The van der Waals surface area contributed by atoms with Crippen molar-refractivity contribution in [2.24, 2.45) is 0 Å². The molecular formula is C23H34N2O2+2. The zero-order chi connectivity index (χ0) is 18.9. The third-order valence-corrected chi connectivity index (χ3v) is 5.39. The minimum Gasteiger partial charge on any atom is -0.491 e. The fraction of sp³-hybridized carbons (Fsp3) is 0.478. The smallest absolute Gasteiger partial charge is 0.137 e. The number of hydrogen-bond donors (Lipinski definition) is 3. The van der Waals surface area contributed by atoms with Crippen LogP contribution >= 0.6 is 0 Å². The van der Waals surface area contributed by atoms with Gasteiger partial charge in [0, 0.05) is 5.56 Å². The molecule has 1 saturated heterocycles. The Morgan fingerprint density at radius 1 is 0.889 bits per heavy atom. The maximum atomic E-state index is 10.4. The van der Waals surface area contributed by atoms with Gasteiger partial charge in [-0.15, -0.1) is 0 Å². The van der Waals surface area contributed by atoms with Crippen LogP contribution in [0.3, 0.4) is 0 Å². The molecule has 1 fully saturated rings. The lowest BCUT2D eigenvalue weighted by atomic mass is 10.1. The highest BCUT2D eigenvalue weighted by atomic mass is 16.5. The number of hydrogen-bond acceptors (Lipinski definition) is 2. The highest BCUT2D eigenvalue weighted by Crippen LogP contribution is 2.13. The summed E-state index contributed by atoms with van der Waals surface area (Å²) < 4.78 is 5.77. The third-order valence-electron chi connectivity index (χ3n) is 5.39. The zero-order valence-corrected chi connectivity index (χ0v) is 16.5. The van der Waals surface area contributed by atoms with Crippen LogP contribution < -0.4 is 14.5 Å². The summed E-state index contributed by atoms with van der Waals surface area (Å²) in [5, 5.41) is 10.4. The van der Waals surface area contributed by atoms with E-state index in [0.717, 1.165) is 57.9 Å². The Kier molecular flexibility index (Phi) is 7.69. The molecule has 2 aromatic carbocycles. The van der Waals surface area contributed by atoms with Crippen LogP contribution in [-0.2, 0) is 13.0 Å². The SMILES string of the molecule is CCCc1ccc(OC[C@H](O)C[NH+]2CC[NH+](Cc3ccccc3)CC2)cc1. The van der Waals surface area contributed by atoms with Gasteiger partial charge in [-0.1, -0.05) is 55.8 Å². The van der Waals surface area contributed by atoms with E-state index in [1.165, 1.54) is 16.0 Å². The van der Waals surface area contributed by atoms with E-state index in [0.29, 0.717) is 6.61 Å². The first kappa shape index (κ1) is 19.9. The summed E-state index contributed by atoms with van der Waals surface area (Å²) in [7, 11) is 0. The Bertz CT molecular complexity index is 652. The van der Waals surface area contributed by atoms with E-state index in [1.54, 1.807) is 4.90 Å². The maximum absolute atomic E-state index is 10.4. The molecule has 1 aliphatic rings. The van der Waals surface area contributed by atoms with E-state index in [-0.39, 0.29) is 0 Å². The molecule has 1 atom stereocenters. The average molecular weight is 371 g/mol. The van der Waals surface area contributed by atoms with Crippen LogP contribution in [0.15, 0.2) is 54.6 Å². The fourth-order valence-electron chi connectivity index (χ4n) is 3.85. The van der Waals surface area contributed by atoms with Crippen LogP contribution in [0.2, 0.25) is 0 Å². The lowest BCUT2D eigenvalue weighted by Gasteiger charge is -2.30. The predicted molar refractivity (Wildman–Crippen MR) is 108 cm³/mol. The van der Waals surface area contributed by atoms with Gasteiger partial charge in [0.05, 0.1) is 0 Å². The summed E-state index contributed by atoms with van der Waals surface area (Å²) in [6, 6.07) is 19.0. The first-order valence-corrected chi connectivity index (χ1v) is 10.3. The van der Waals surface area contributed by atoms with Crippen LogP contribution in [0.1, 0.15) is 24.5 Å². The van der Waals surface area contributed by atoms with Crippen LogP contribution in [-0.4, -0.2) is 50.5 Å². The molecule has 1 heterocycles. The van der Waals surface area contributed by atoms with E-state index in [2.05, 4.69) is 49.4 Å². The van der Waals surface area contributed by atoms with Crippen molar-refractivity contribution in [2.75, 3.05) is 39.3 Å². The van der Waals surface area contributed by atoms with E-state index in [9.17, 15) is 5.11 Å². The molecule has 0 spiro atoms. The number of rotatable bonds is 9. The first-order chi connectivity index (χ1) is 13.2. The van der Waals surface area contributed by atoms with E-state index < -0.39 is 6.10 Å². The highest BCUT2D eigenvalue weighted by molar-refractivity contribution is 5.27. The molecule has 4 nitrogen and oxygen atoms in total. The number of aliphatic hydroxyl groups excluding tert-OH is 1. The summed E-state index contributed by atoms with van der Waals surface area (Å²) in [5.74, 6) is 0.848. The quantitative estimate of drug-likeness (QED) is 0.597. The molecule has 4 heteroatoms. The van der Waals surface area contributed by atoms with E-state index >= 15 is 0 Å². The highest BCUT2D eigenvalue weighted by Gasteiger charge is 2.25. The molecule has 27 heavy (non-hydrogen) atoms. The molecule has 0 amide bonds. The molecular weight excluding hydrogens is 336 g/mol. The molecule has 0 saturated carbocycles. The zero-order valence-electron chi connectivity index (χ0n) is 16.5. The van der Waals surface area contributed by atoms with Crippen LogP contribution in [0, 0.1) is 0 Å². The third kappa shape index (κ3) is 6.65. The molecule has 146 valence electrons. The Morgan fingerprint density at radius 2 is 1.56 bits per heavy atom. The van der Waals surface area contributed by atoms with Gasteiger partial charge in [-0.2, -0.15) is 0 Å². The lowest BCUT2D eigenvalue weighted by Crippen LogP contribution is -3.28. The number of benzene rings is 2. The minimum atomic E-state index is -0.411. The first-order valence-electron chi connectivity index (χ1n) is 10.3. The molecule has 0 aromatic heterocycles. The number of nitrogens with one attached hydrogen (secondary N) is 2. The Balaban J connectivity index is 1.34. The van der Waals surface area contributed by atoms with Gasteiger partial charge in [0.1, 0.15) is 57.7 Å². The van der Waals surface area contributed by atoms with Crippen LogP contribution in [0.4, 0.5) is 0 Å². The summed E-state index contributed by atoms with van der Waals surface area (Å²) in [4.78, 5) is 3.13. The topological polar surface area (TPSA) is 38.3 Å². The van der Waals surface area contributed by atoms with Crippen molar-refractivity contribution in [3.63, 3.8) is 0 Å². The van der Waals surface area contributed by atoms with E-state index in [4.69, 9.17) is 4.74 Å². The summed E-state index contributed by atoms with van der Waals surface area (Å²) in [6.07, 6.45) is 1.85. The van der Waals surface area contributed by atoms with Gasteiger partial charge in [-0.3, -0.25) is 0 Å². The maximum Gasteiger partial charge on any atom is 0.137 e. The Labute approximate surface area is 163 Å². The van der Waals surface area contributed by atoms with Crippen molar-refractivity contribution in [3.8, 4) is 5.75 Å². The average Bonchev–Trinajstić information content (AvgIpc) is 2.70. The second-order valence-corrected chi connectivity index (χ2v) is 7.73. The van der Waals surface area contributed by atoms with Gasteiger partial charge >= 0.3 is 0 Å². The summed E-state index contributed by atoms with van der Waals surface area (Å²) in [6.45, 7) is 8.99.